The number of unbranched alkanes of at least 4 members (excludes halogenated alkanes) is 1. The lowest BCUT2D eigenvalue weighted by atomic mass is 10.0. The molecule has 0 saturated heterocycles. The third kappa shape index (κ3) is 17.8. The third-order valence-corrected chi connectivity index (χ3v) is 9.51. The molecule has 0 aromatic heterocycles. The fourth-order valence-electron chi connectivity index (χ4n) is 4.03. The predicted molar refractivity (Wildman–Crippen MR) is 209 cm³/mol. The molecule has 0 spiro atoms. The van der Waals surface area contributed by atoms with Gasteiger partial charge in [-0.05, 0) is 88.0 Å². The van der Waals surface area contributed by atoms with Crippen molar-refractivity contribution >= 4 is 40.5 Å². The van der Waals surface area contributed by atoms with Crippen molar-refractivity contribution in [1.29, 1.82) is 0 Å². The van der Waals surface area contributed by atoms with E-state index in [1.807, 2.05) is 44.9 Å². The van der Waals surface area contributed by atoms with Gasteiger partial charge in [-0.3, -0.25) is 4.79 Å². The van der Waals surface area contributed by atoms with Crippen molar-refractivity contribution < 1.29 is 4.79 Å². The molecule has 1 atom stereocenters. The maximum atomic E-state index is 12.6. The van der Waals surface area contributed by atoms with Gasteiger partial charge in [-0.1, -0.05) is 93.6 Å². The number of nitrogens with one attached hydrogen (secondary N) is 1. The highest BCUT2D eigenvalue weighted by Gasteiger charge is 2.15. The van der Waals surface area contributed by atoms with Gasteiger partial charge in [-0.25, -0.2) is 0 Å². The molecule has 8 heteroatoms. The van der Waals surface area contributed by atoms with Crippen LogP contribution in [-0.4, -0.2) is 27.0 Å². The summed E-state index contributed by atoms with van der Waals surface area (Å²) in [7, 11) is 1.98. The summed E-state index contributed by atoms with van der Waals surface area (Å²) < 4.78 is 2.13. The number of carbonyl (C=O) groups excluding carboxylic acids is 1. The second-order valence-corrected chi connectivity index (χ2v) is 13.1. The number of thioether (sulfide) groups is 1. The first-order valence-electron chi connectivity index (χ1n) is 15.3. The van der Waals surface area contributed by atoms with Crippen molar-refractivity contribution in [3.05, 3.63) is 131 Å². The molecule has 0 aromatic rings. The van der Waals surface area contributed by atoms with Crippen LogP contribution in [0.5, 0.6) is 0 Å². The van der Waals surface area contributed by atoms with Gasteiger partial charge in [0.15, 0.2) is 0 Å². The zero-order valence-corrected chi connectivity index (χ0v) is 31.4. The van der Waals surface area contributed by atoms with Crippen LogP contribution < -0.4 is 16.8 Å². The van der Waals surface area contributed by atoms with E-state index in [1.165, 1.54) is 5.57 Å². The largest absolute Gasteiger partial charge is 0.402 e. The number of nitrogens with two attached hydrogens (primary N) is 2. The van der Waals surface area contributed by atoms with Crippen LogP contribution in [0.1, 0.15) is 79.6 Å². The molecule has 1 amide bonds. The number of halogens is 1. The standard InChI is InChI=1S/C37H56IN5OS/c1-12-16-20-33(14-3)26-29(7)42(11)32(10)45-30(8)19-17-18-21-35(39)22-23-36(40)41-37(44)25-27(5)24-34(15-4)31(9)43(38)28(6)13-2/h12,14-16,20,22-24,31H,1,6-8,10,13,17-19,21,25-26,39-40H2,2-5,9,11H3,(H,41,44)/b20-16-,27-24+,33-14+,34-15+,35-22-,36-23+. The Bertz CT molecular complexity index is 1250. The number of amides is 1. The second kappa shape index (κ2) is 23.3. The molecule has 6 nitrogen and oxygen atoms in total. The summed E-state index contributed by atoms with van der Waals surface area (Å²) in [5, 5.41) is 3.64. The van der Waals surface area contributed by atoms with Crippen LogP contribution in [0.2, 0.25) is 0 Å². The van der Waals surface area contributed by atoms with Crippen molar-refractivity contribution in [3.63, 3.8) is 0 Å². The Kier molecular flexibility index (Phi) is 21.7. The third-order valence-electron chi connectivity index (χ3n) is 6.99. The van der Waals surface area contributed by atoms with Crippen LogP contribution in [0.4, 0.5) is 0 Å². The summed E-state index contributed by atoms with van der Waals surface area (Å²) in [6.07, 6.45) is 20.6. The van der Waals surface area contributed by atoms with Gasteiger partial charge in [0, 0.05) is 37.0 Å². The average molecular weight is 746 g/mol. The Morgan fingerprint density at radius 3 is 2.24 bits per heavy atom. The smallest absolute Gasteiger partial charge is 0.229 e. The van der Waals surface area contributed by atoms with Crippen LogP contribution in [0.3, 0.4) is 0 Å². The van der Waals surface area contributed by atoms with Gasteiger partial charge >= 0.3 is 0 Å². The Morgan fingerprint density at radius 2 is 1.67 bits per heavy atom. The molecule has 0 aliphatic rings. The van der Waals surface area contributed by atoms with E-state index in [2.05, 4.69) is 96.3 Å². The van der Waals surface area contributed by atoms with E-state index < -0.39 is 0 Å². The lowest BCUT2D eigenvalue weighted by Gasteiger charge is -2.27. The summed E-state index contributed by atoms with van der Waals surface area (Å²) in [5.41, 5.74) is 18.2. The maximum Gasteiger partial charge on any atom is 0.229 e. The fraction of sp³-hybridized carbons (Fsp3) is 0.378. The first-order valence-corrected chi connectivity index (χ1v) is 17.1. The summed E-state index contributed by atoms with van der Waals surface area (Å²) in [6, 6.07) is 0.148. The normalized spacial score (nSPS) is 13.8. The van der Waals surface area contributed by atoms with Crippen molar-refractivity contribution in [2.75, 3.05) is 7.05 Å². The molecule has 0 rings (SSSR count). The van der Waals surface area contributed by atoms with Crippen molar-refractivity contribution in [2.45, 2.75) is 85.6 Å². The quantitative estimate of drug-likeness (QED) is 0.0443. The van der Waals surface area contributed by atoms with Crippen LogP contribution in [-0.2, 0) is 4.79 Å². The summed E-state index contributed by atoms with van der Waals surface area (Å²) in [4.78, 5) is 15.6. The van der Waals surface area contributed by atoms with E-state index in [9.17, 15) is 4.79 Å². The molecule has 0 saturated carbocycles. The average Bonchev–Trinajstić information content (AvgIpc) is 3.00. The molecule has 248 valence electrons. The van der Waals surface area contributed by atoms with E-state index in [0.717, 1.165) is 71.0 Å². The monoisotopic (exact) mass is 745 g/mol. The molecule has 0 aliphatic carbocycles. The molecular weight excluding hydrogens is 689 g/mol. The Morgan fingerprint density at radius 1 is 1.02 bits per heavy atom. The summed E-state index contributed by atoms with van der Waals surface area (Å²) in [5.74, 6) is 0.0934. The fourth-order valence-corrected chi connectivity index (χ4v) is 5.54. The molecule has 1 unspecified atom stereocenters. The topological polar surface area (TPSA) is 87.6 Å². The lowest BCUT2D eigenvalue weighted by Crippen LogP contribution is -2.27. The Balaban J connectivity index is 4.71. The maximum absolute atomic E-state index is 12.6. The minimum atomic E-state index is -0.171. The number of nitrogens with zero attached hydrogens (tertiary/aromatic N) is 2. The van der Waals surface area contributed by atoms with Gasteiger partial charge < -0.3 is 24.8 Å². The van der Waals surface area contributed by atoms with Gasteiger partial charge in [0.25, 0.3) is 0 Å². The van der Waals surface area contributed by atoms with Crippen molar-refractivity contribution in [2.24, 2.45) is 11.5 Å². The second-order valence-electron chi connectivity index (χ2n) is 10.8. The zero-order chi connectivity index (χ0) is 34.5. The Labute approximate surface area is 292 Å². The number of hydrogen-bond donors (Lipinski definition) is 3. The van der Waals surface area contributed by atoms with Gasteiger partial charge in [0.05, 0.1) is 33.9 Å². The number of rotatable bonds is 22. The van der Waals surface area contributed by atoms with E-state index in [-0.39, 0.29) is 24.2 Å². The summed E-state index contributed by atoms with van der Waals surface area (Å²) in [6.45, 7) is 30.7. The number of allylic oxidation sites excluding steroid dienone is 11. The molecule has 0 heterocycles. The van der Waals surface area contributed by atoms with Gasteiger partial charge in [0.2, 0.25) is 5.91 Å². The highest BCUT2D eigenvalue weighted by atomic mass is 127. The zero-order valence-electron chi connectivity index (χ0n) is 28.4. The van der Waals surface area contributed by atoms with Crippen LogP contribution in [0.15, 0.2) is 131 Å². The summed E-state index contributed by atoms with van der Waals surface area (Å²) >= 11 is 3.87. The molecule has 0 radical (unpaired) electrons. The molecule has 0 fully saturated rings. The van der Waals surface area contributed by atoms with Crippen LogP contribution in [0.25, 0.3) is 0 Å². The first-order chi connectivity index (χ1) is 21.2. The van der Waals surface area contributed by atoms with Crippen molar-refractivity contribution in [3.8, 4) is 0 Å². The van der Waals surface area contributed by atoms with E-state index in [0.29, 0.717) is 5.70 Å². The number of carbonyl (C=O) groups is 1. The molecule has 0 aliphatic heterocycles. The molecule has 0 aromatic carbocycles. The first kappa shape index (κ1) is 41.9. The SMILES string of the molecule is C=C/C=C\C(=C/C)CC(=C)N(C)C(=C)SC(=C)CCCC/C(N)=C/C=C(\N)NC(=O)C/C(C)=C/C(=C\C)C(C)N(I)C(=C)CC. The molecule has 5 N–H and O–H groups in total. The van der Waals surface area contributed by atoms with E-state index in [4.69, 9.17) is 11.5 Å². The predicted octanol–water partition coefficient (Wildman–Crippen LogP) is 9.79. The Hall–Kier alpha value is -3.11. The number of hydrogen-bond acceptors (Lipinski definition) is 6. The molecular formula is C37H56IN5OS. The van der Waals surface area contributed by atoms with Gasteiger partial charge in [0.1, 0.15) is 5.82 Å². The van der Waals surface area contributed by atoms with E-state index in [1.54, 1.807) is 30.0 Å². The van der Waals surface area contributed by atoms with Crippen LogP contribution >= 0.6 is 34.6 Å². The highest BCUT2D eigenvalue weighted by molar-refractivity contribution is 14.1. The van der Waals surface area contributed by atoms with E-state index >= 15 is 0 Å². The molecule has 45 heavy (non-hydrogen) atoms. The van der Waals surface area contributed by atoms with Gasteiger partial charge in [-0.15, -0.1) is 0 Å². The minimum Gasteiger partial charge on any atom is -0.402 e. The van der Waals surface area contributed by atoms with Crippen molar-refractivity contribution in [1.82, 2.24) is 13.3 Å². The van der Waals surface area contributed by atoms with Crippen LogP contribution in [0, 0.1) is 0 Å². The minimum absolute atomic E-state index is 0.148. The lowest BCUT2D eigenvalue weighted by molar-refractivity contribution is -0.119. The van der Waals surface area contributed by atoms with Gasteiger partial charge in [-0.2, -0.15) is 0 Å². The molecule has 0 bridgehead atoms. The highest BCUT2D eigenvalue weighted by Crippen LogP contribution is 2.31.